The van der Waals surface area contributed by atoms with E-state index in [1.54, 1.807) is 24.3 Å². The monoisotopic (exact) mass is 496 g/mol. The van der Waals surface area contributed by atoms with Gasteiger partial charge >= 0.3 is 6.18 Å². The Bertz CT molecular complexity index is 939. The number of alkyl halides is 3. The number of carbonyl (C=O) groups is 1. The zero-order valence-corrected chi connectivity index (χ0v) is 20.0. The second-order valence-electron chi connectivity index (χ2n) is 8.94. The van der Waals surface area contributed by atoms with E-state index in [4.69, 9.17) is 4.74 Å². The molecule has 1 aliphatic heterocycles. The lowest BCUT2D eigenvalue weighted by atomic mass is 9.79. The normalized spacial score (nSPS) is 19.1. The van der Waals surface area contributed by atoms with Crippen LogP contribution in [0.15, 0.2) is 41.7 Å². The van der Waals surface area contributed by atoms with Crippen LogP contribution in [-0.2, 0) is 16.1 Å². The molecule has 0 unspecified atom stereocenters. The molecular weight excluding hydrogens is 465 g/mol. The number of ether oxygens (including phenoxy) is 1. The van der Waals surface area contributed by atoms with Gasteiger partial charge in [0.1, 0.15) is 6.54 Å². The van der Waals surface area contributed by atoms with Gasteiger partial charge in [0.2, 0.25) is 5.91 Å². The van der Waals surface area contributed by atoms with E-state index in [1.807, 2.05) is 6.07 Å². The average molecular weight is 497 g/mol. The molecule has 2 aromatic rings. The van der Waals surface area contributed by atoms with Crippen LogP contribution < -0.4 is 5.32 Å². The van der Waals surface area contributed by atoms with Crippen molar-refractivity contribution in [1.82, 2.24) is 19.8 Å². The number of aromatic nitrogens is 2. The van der Waals surface area contributed by atoms with Crippen molar-refractivity contribution < 1.29 is 22.7 Å². The Kier molecular flexibility index (Phi) is 8.21. The van der Waals surface area contributed by atoms with Gasteiger partial charge in [0, 0.05) is 25.2 Å². The molecule has 2 fully saturated rings. The summed E-state index contributed by atoms with van der Waals surface area (Å²) >= 11 is 1.04. The van der Waals surface area contributed by atoms with Gasteiger partial charge in [-0.3, -0.25) is 9.69 Å². The van der Waals surface area contributed by atoms with Gasteiger partial charge in [-0.05, 0) is 18.4 Å². The predicted molar refractivity (Wildman–Crippen MR) is 126 cm³/mol. The lowest BCUT2D eigenvalue weighted by Crippen LogP contribution is -2.59. The Morgan fingerprint density at radius 2 is 1.82 bits per heavy atom. The van der Waals surface area contributed by atoms with E-state index in [0.717, 1.165) is 55.1 Å². The van der Waals surface area contributed by atoms with Gasteiger partial charge in [-0.2, -0.15) is 13.2 Å². The fourth-order valence-electron chi connectivity index (χ4n) is 4.94. The lowest BCUT2D eigenvalue weighted by Gasteiger charge is -2.48. The van der Waals surface area contributed by atoms with Crippen molar-refractivity contribution in [3.05, 3.63) is 36.5 Å². The number of hydrogen-bond acceptors (Lipinski definition) is 5. The number of nitrogens with zero attached hydrogens (tertiary/aromatic N) is 3. The fraction of sp³-hybridized carbons (Fsp3) is 0.583. The third-order valence-corrected chi connectivity index (χ3v) is 7.63. The molecule has 1 N–H and O–H groups in total. The van der Waals surface area contributed by atoms with Crippen LogP contribution in [0.3, 0.4) is 0 Å². The van der Waals surface area contributed by atoms with E-state index >= 15 is 0 Å². The molecule has 6 nitrogen and oxygen atoms in total. The number of thioether (sulfide) groups is 1. The second-order valence-corrected chi connectivity index (χ2v) is 9.89. The first-order valence-corrected chi connectivity index (χ1v) is 12.7. The minimum absolute atomic E-state index is 0.0162. The van der Waals surface area contributed by atoms with Gasteiger partial charge < -0.3 is 14.6 Å². The molecule has 0 atom stereocenters. The maximum absolute atomic E-state index is 13.3. The van der Waals surface area contributed by atoms with Crippen molar-refractivity contribution in [2.24, 2.45) is 0 Å². The summed E-state index contributed by atoms with van der Waals surface area (Å²) in [7, 11) is 0. The Balaban J connectivity index is 1.40. The smallest absolute Gasteiger partial charge is 0.379 e. The number of rotatable bonds is 8. The molecule has 1 amide bonds. The number of benzene rings is 1. The largest absolute Gasteiger partial charge is 0.406 e. The van der Waals surface area contributed by atoms with E-state index in [9.17, 15) is 18.0 Å². The summed E-state index contributed by atoms with van der Waals surface area (Å²) < 4.78 is 46.5. The number of imidazole rings is 1. The second kappa shape index (κ2) is 11.1. The maximum Gasteiger partial charge on any atom is 0.406 e. The number of amides is 1. The highest BCUT2D eigenvalue weighted by molar-refractivity contribution is 7.99. The van der Waals surface area contributed by atoms with Crippen LogP contribution in [0, 0.1) is 0 Å². The molecule has 34 heavy (non-hydrogen) atoms. The first kappa shape index (κ1) is 25.1. The van der Waals surface area contributed by atoms with Crippen LogP contribution >= 0.6 is 11.8 Å². The van der Waals surface area contributed by atoms with Crippen molar-refractivity contribution in [2.45, 2.75) is 55.5 Å². The first-order valence-electron chi connectivity index (χ1n) is 11.8. The molecule has 0 bridgehead atoms. The van der Waals surface area contributed by atoms with Crippen LogP contribution in [0.4, 0.5) is 13.2 Å². The van der Waals surface area contributed by atoms with Gasteiger partial charge in [0.25, 0.3) is 0 Å². The summed E-state index contributed by atoms with van der Waals surface area (Å²) in [5.41, 5.74) is 0.979. The average Bonchev–Trinajstić information content (AvgIpc) is 3.24. The Hall–Kier alpha value is -2.04. The molecule has 1 aliphatic carbocycles. The van der Waals surface area contributed by atoms with Crippen molar-refractivity contribution in [2.75, 3.05) is 38.6 Å². The fourth-order valence-corrected chi connectivity index (χ4v) is 5.75. The minimum atomic E-state index is -4.40. The summed E-state index contributed by atoms with van der Waals surface area (Å²) in [5, 5.41) is 3.25. The number of nitrogens with one attached hydrogen (secondary N) is 1. The molecular formula is C24H31F3N4O2S. The molecule has 186 valence electrons. The Labute approximate surface area is 202 Å². The van der Waals surface area contributed by atoms with Gasteiger partial charge in [-0.25, -0.2) is 4.98 Å². The molecule has 2 aliphatic rings. The minimum Gasteiger partial charge on any atom is -0.379 e. The summed E-state index contributed by atoms with van der Waals surface area (Å²) in [4.78, 5) is 19.4. The van der Waals surface area contributed by atoms with Crippen molar-refractivity contribution >= 4 is 17.7 Å². The van der Waals surface area contributed by atoms with Crippen LogP contribution in [0.5, 0.6) is 0 Å². The molecule has 10 heteroatoms. The number of halogens is 3. The predicted octanol–water partition coefficient (Wildman–Crippen LogP) is 4.36. The van der Waals surface area contributed by atoms with E-state index < -0.39 is 12.7 Å². The Morgan fingerprint density at radius 1 is 1.12 bits per heavy atom. The Morgan fingerprint density at radius 3 is 2.50 bits per heavy atom. The maximum atomic E-state index is 13.3. The zero-order valence-electron chi connectivity index (χ0n) is 19.1. The third-order valence-electron chi connectivity index (χ3n) is 6.64. The van der Waals surface area contributed by atoms with E-state index in [0.29, 0.717) is 31.0 Å². The summed E-state index contributed by atoms with van der Waals surface area (Å²) in [6.45, 7) is 2.54. The van der Waals surface area contributed by atoms with Gasteiger partial charge in [-0.1, -0.05) is 61.4 Å². The van der Waals surface area contributed by atoms with Gasteiger partial charge in [0.15, 0.2) is 5.16 Å². The quantitative estimate of drug-likeness (QED) is 0.551. The summed E-state index contributed by atoms with van der Waals surface area (Å²) in [6.07, 6.45) is 2.61. The van der Waals surface area contributed by atoms with Crippen LogP contribution in [0.25, 0.3) is 11.3 Å². The van der Waals surface area contributed by atoms with Crippen LogP contribution in [0.1, 0.15) is 32.1 Å². The molecule has 1 aromatic heterocycles. The summed E-state index contributed by atoms with van der Waals surface area (Å²) in [5.74, 6) is -0.173. The highest BCUT2D eigenvalue weighted by Crippen LogP contribution is 2.34. The van der Waals surface area contributed by atoms with Crippen LogP contribution in [0.2, 0.25) is 0 Å². The highest BCUT2D eigenvalue weighted by Gasteiger charge is 2.39. The van der Waals surface area contributed by atoms with Crippen molar-refractivity contribution in [3.8, 4) is 11.3 Å². The number of carbonyl (C=O) groups excluding carboxylic acids is 1. The molecule has 0 spiro atoms. The van der Waals surface area contributed by atoms with E-state index in [1.165, 1.54) is 12.6 Å². The zero-order chi connectivity index (χ0) is 24.0. The molecule has 4 rings (SSSR count). The third kappa shape index (κ3) is 6.34. The van der Waals surface area contributed by atoms with E-state index in [-0.39, 0.29) is 22.4 Å². The number of morpholine rings is 1. The lowest BCUT2D eigenvalue weighted by molar-refractivity contribution is -0.141. The van der Waals surface area contributed by atoms with Crippen LogP contribution in [-0.4, -0.2) is 70.7 Å². The summed E-state index contributed by atoms with van der Waals surface area (Å²) in [6, 6.07) is 8.86. The molecule has 0 radical (unpaired) electrons. The topological polar surface area (TPSA) is 59.4 Å². The molecule has 2 heterocycles. The first-order chi connectivity index (χ1) is 16.4. The molecule has 1 aromatic carbocycles. The number of hydrogen-bond donors (Lipinski definition) is 1. The SMILES string of the molecule is O=C(CSc1ncc(-c2ccccc2)n1CC(F)(F)F)NCC1(N2CCOCC2)CCCCC1. The van der Waals surface area contributed by atoms with Crippen molar-refractivity contribution in [1.29, 1.82) is 0 Å². The van der Waals surface area contributed by atoms with Gasteiger partial charge in [-0.15, -0.1) is 0 Å². The van der Waals surface area contributed by atoms with Gasteiger partial charge in [0.05, 0.1) is 30.9 Å². The molecule has 1 saturated heterocycles. The van der Waals surface area contributed by atoms with Crippen molar-refractivity contribution in [3.63, 3.8) is 0 Å². The highest BCUT2D eigenvalue weighted by atomic mass is 32.2. The molecule has 1 saturated carbocycles. The van der Waals surface area contributed by atoms with E-state index in [2.05, 4.69) is 15.2 Å². The standard InChI is InChI=1S/C24H31F3N4O2S/c25-24(26,27)18-31-20(19-7-3-1-4-8-19)15-28-22(31)34-16-21(32)29-17-23(9-5-2-6-10-23)30-11-13-33-14-12-30/h1,3-4,7-8,15H,2,5-6,9-14,16-18H2,(H,29,32).